The molecule has 2 heterocycles. The fourth-order valence-corrected chi connectivity index (χ4v) is 4.31. The molecule has 2 aliphatic rings. The van der Waals surface area contributed by atoms with Crippen LogP contribution in [0.4, 0.5) is 0 Å². The van der Waals surface area contributed by atoms with Gasteiger partial charge in [0.05, 0.1) is 6.04 Å². The molecular formula is C25H31NO6. The molecule has 0 saturated carbocycles. The summed E-state index contributed by atoms with van der Waals surface area (Å²) in [6, 6.07) is 18.7. The van der Waals surface area contributed by atoms with Crippen molar-refractivity contribution in [2.75, 3.05) is 20.8 Å². The predicted molar refractivity (Wildman–Crippen MR) is 119 cm³/mol. The first-order valence-corrected chi connectivity index (χ1v) is 10.8. The van der Waals surface area contributed by atoms with Crippen LogP contribution >= 0.6 is 0 Å². The Bertz CT molecular complexity index is 912. The fourth-order valence-electron chi connectivity index (χ4n) is 4.31. The second-order valence-corrected chi connectivity index (χ2v) is 8.50. The van der Waals surface area contributed by atoms with Crippen molar-refractivity contribution in [3.8, 4) is 0 Å². The molecule has 7 nitrogen and oxygen atoms in total. The number of nitrogens with zero attached hydrogens (tertiary/aromatic N) is 1. The molecule has 0 bridgehead atoms. The highest BCUT2D eigenvalue weighted by molar-refractivity contribution is 5.83. The molecule has 7 heteroatoms. The van der Waals surface area contributed by atoms with Crippen molar-refractivity contribution in [1.82, 2.24) is 0 Å². The Morgan fingerprint density at radius 1 is 0.906 bits per heavy atom. The quantitative estimate of drug-likeness (QED) is 0.742. The number of aliphatic hydroxyl groups is 1. The van der Waals surface area contributed by atoms with E-state index in [0.29, 0.717) is 23.6 Å². The van der Waals surface area contributed by atoms with Gasteiger partial charge >= 0.3 is 0 Å². The number of methoxy groups -OCH3 is 2. The van der Waals surface area contributed by atoms with E-state index in [4.69, 9.17) is 23.7 Å². The minimum atomic E-state index is -1.60. The molecule has 1 N–H and O–H groups in total. The highest BCUT2D eigenvalue weighted by atomic mass is 16.8. The summed E-state index contributed by atoms with van der Waals surface area (Å²) in [4.78, 5) is 4.62. The second-order valence-electron chi connectivity index (χ2n) is 8.50. The van der Waals surface area contributed by atoms with Crippen molar-refractivity contribution in [2.24, 2.45) is 4.99 Å². The Kier molecular flexibility index (Phi) is 6.13. The van der Waals surface area contributed by atoms with E-state index < -0.39 is 29.4 Å². The van der Waals surface area contributed by atoms with Gasteiger partial charge in [-0.15, -0.1) is 0 Å². The van der Waals surface area contributed by atoms with Crippen LogP contribution < -0.4 is 0 Å². The lowest BCUT2D eigenvalue weighted by atomic mass is 9.78. The summed E-state index contributed by atoms with van der Waals surface area (Å²) in [6.45, 7) is 5.86. The first-order valence-electron chi connectivity index (χ1n) is 10.8. The van der Waals surface area contributed by atoms with Crippen LogP contribution in [0, 0.1) is 0 Å². The van der Waals surface area contributed by atoms with E-state index in [2.05, 4.69) is 4.99 Å². The maximum atomic E-state index is 12.4. The average molecular weight is 442 g/mol. The van der Waals surface area contributed by atoms with Crippen molar-refractivity contribution in [1.29, 1.82) is 0 Å². The molecule has 1 saturated heterocycles. The number of aliphatic imine (C=N–C) groups is 1. The molecule has 0 radical (unpaired) electrons. The van der Waals surface area contributed by atoms with Crippen LogP contribution in [0.3, 0.4) is 0 Å². The highest BCUT2D eigenvalue weighted by Crippen LogP contribution is 2.47. The molecule has 2 aromatic rings. The van der Waals surface area contributed by atoms with Crippen molar-refractivity contribution in [3.05, 3.63) is 71.8 Å². The smallest absolute Gasteiger partial charge is 0.221 e. The van der Waals surface area contributed by atoms with Gasteiger partial charge in [-0.3, -0.25) is 0 Å². The minimum absolute atomic E-state index is 0.0275. The largest absolute Gasteiger partial charge is 0.477 e. The van der Waals surface area contributed by atoms with E-state index in [9.17, 15) is 5.11 Å². The van der Waals surface area contributed by atoms with E-state index >= 15 is 0 Å². The Labute approximate surface area is 188 Å². The fraction of sp³-hybridized carbons (Fsp3) is 0.480. The van der Waals surface area contributed by atoms with Gasteiger partial charge < -0.3 is 28.8 Å². The molecule has 1 fully saturated rings. The molecule has 0 spiro atoms. The molecule has 0 amide bonds. The zero-order valence-corrected chi connectivity index (χ0v) is 19.1. The number of hydrogen-bond acceptors (Lipinski definition) is 7. The van der Waals surface area contributed by atoms with Crippen molar-refractivity contribution < 1.29 is 28.8 Å². The Morgan fingerprint density at radius 2 is 1.41 bits per heavy atom. The summed E-state index contributed by atoms with van der Waals surface area (Å²) in [6.07, 6.45) is -1.80. The van der Waals surface area contributed by atoms with Crippen LogP contribution in [-0.4, -0.2) is 61.7 Å². The van der Waals surface area contributed by atoms with Gasteiger partial charge in [-0.2, -0.15) is 0 Å². The summed E-state index contributed by atoms with van der Waals surface area (Å²) in [5, 5.41) is 12.4. The van der Waals surface area contributed by atoms with Crippen LogP contribution in [-0.2, 0) is 29.3 Å². The average Bonchev–Trinajstić information content (AvgIpc) is 3.27. The van der Waals surface area contributed by atoms with Gasteiger partial charge in [-0.05, 0) is 31.9 Å². The summed E-state index contributed by atoms with van der Waals surface area (Å²) < 4.78 is 30.4. The lowest BCUT2D eigenvalue weighted by molar-refractivity contribution is -0.452. The summed E-state index contributed by atoms with van der Waals surface area (Å²) >= 11 is 0. The molecule has 172 valence electrons. The molecular weight excluding hydrogens is 410 g/mol. The Balaban J connectivity index is 1.91. The number of hydrogen-bond donors (Lipinski definition) is 1. The highest BCUT2D eigenvalue weighted by Gasteiger charge is 2.63. The minimum Gasteiger partial charge on any atom is -0.477 e. The third kappa shape index (κ3) is 3.64. The van der Waals surface area contributed by atoms with Gasteiger partial charge in [0, 0.05) is 14.2 Å². The van der Waals surface area contributed by atoms with E-state index in [0.717, 1.165) is 0 Å². The maximum Gasteiger partial charge on any atom is 0.221 e. The number of rotatable bonds is 6. The van der Waals surface area contributed by atoms with Gasteiger partial charge in [0.1, 0.15) is 18.3 Å². The lowest BCUT2D eigenvalue weighted by Gasteiger charge is -2.54. The van der Waals surface area contributed by atoms with E-state index in [1.807, 2.05) is 67.6 Å². The molecule has 0 aliphatic carbocycles. The van der Waals surface area contributed by atoms with Gasteiger partial charge in [0.15, 0.2) is 6.10 Å². The van der Waals surface area contributed by atoms with Crippen LogP contribution in [0.5, 0.6) is 0 Å². The molecule has 4 rings (SSSR count). The van der Waals surface area contributed by atoms with Crippen LogP contribution in [0.1, 0.15) is 31.9 Å². The van der Waals surface area contributed by atoms with Gasteiger partial charge in [0.2, 0.25) is 17.5 Å². The number of benzene rings is 2. The Hall–Kier alpha value is -2.29. The molecule has 2 aliphatic heterocycles. The molecule has 5 atom stereocenters. The zero-order valence-electron chi connectivity index (χ0n) is 19.1. The SMILES string of the molecule is CO[C@]1(C)O[C@@H](C(O)(c2ccccc2)c2ccccc2)[C@H](C2=N[C@@H](C)CO2)O[C@@]1(C)OC. The summed E-state index contributed by atoms with van der Waals surface area (Å²) in [7, 11) is 3.05. The molecule has 0 unspecified atom stereocenters. The molecule has 32 heavy (non-hydrogen) atoms. The van der Waals surface area contributed by atoms with Crippen molar-refractivity contribution in [2.45, 2.75) is 56.2 Å². The monoisotopic (exact) mass is 441 g/mol. The maximum absolute atomic E-state index is 12.4. The summed E-state index contributed by atoms with van der Waals surface area (Å²) in [5.41, 5.74) is -0.299. The molecule has 0 aromatic heterocycles. The third-order valence-electron chi connectivity index (χ3n) is 6.49. The third-order valence-corrected chi connectivity index (χ3v) is 6.49. The molecule has 2 aromatic carbocycles. The standard InChI is InChI=1S/C25H31NO6/c1-17-16-30-22(26-17)20-21(32-24(3,29-5)23(2,28-4)31-20)25(27,18-12-8-6-9-13-18)19-14-10-7-11-15-19/h6-15,17,20-21,27H,16H2,1-5H3/t17-,20+,21+,23+,24+/m0/s1. The van der Waals surface area contributed by atoms with Gasteiger partial charge in [-0.25, -0.2) is 4.99 Å². The van der Waals surface area contributed by atoms with Crippen LogP contribution in [0.2, 0.25) is 0 Å². The first kappa shape index (κ1) is 22.9. The van der Waals surface area contributed by atoms with E-state index in [1.54, 1.807) is 13.8 Å². The van der Waals surface area contributed by atoms with Crippen LogP contribution in [0.25, 0.3) is 0 Å². The topological polar surface area (TPSA) is 78.7 Å². The normalized spacial score (nSPS) is 32.9. The van der Waals surface area contributed by atoms with E-state index in [1.165, 1.54) is 14.2 Å². The summed E-state index contributed by atoms with van der Waals surface area (Å²) in [5.74, 6) is -2.24. The van der Waals surface area contributed by atoms with Crippen LogP contribution in [0.15, 0.2) is 65.7 Å². The van der Waals surface area contributed by atoms with Gasteiger partial charge in [0.25, 0.3) is 0 Å². The Morgan fingerprint density at radius 3 is 1.84 bits per heavy atom. The second kappa shape index (κ2) is 8.57. The predicted octanol–water partition coefficient (Wildman–Crippen LogP) is 3.25. The lowest BCUT2D eigenvalue weighted by Crippen LogP contribution is -2.70. The zero-order chi connectivity index (χ0) is 23.0. The van der Waals surface area contributed by atoms with Crippen molar-refractivity contribution >= 4 is 5.90 Å². The van der Waals surface area contributed by atoms with E-state index in [-0.39, 0.29) is 6.04 Å². The van der Waals surface area contributed by atoms with Gasteiger partial charge in [-0.1, -0.05) is 60.7 Å². The first-order chi connectivity index (χ1) is 15.3. The van der Waals surface area contributed by atoms with Crippen molar-refractivity contribution in [3.63, 3.8) is 0 Å². The number of ether oxygens (including phenoxy) is 5.